The Bertz CT molecular complexity index is 1290. The zero-order valence-electron chi connectivity index (χ0n) is 20.7. The Morgan fingerprint density at radius 2 is 2.06 bits per heavy atom. The monoisotopic (exact) mass is 473 g/mol. The first-order valence-electron chi connectivity index (χ1n) is 12.1. The Hall–Kier alpha value is -3.75. The number of carbonyl (C=O) groups excluding carboxylic acids is 2. The van der Waals surface area contributed by atoms with Gasteiger partial charge in [-0.15, -0.1) is 0 Å². The Morgan fingerprint density at radius 1 is 1.26 bits per heavy atom. The van der Waals surface area contributed by atoms with Crippen molar-refractivity contribution < 1.29 is 9.59 Å². The van der Waals surface area contributed by atoms with E-state index in [1.165, 1.54) is 0 Å². The molecule has 1 unspecified atom stereocenters. The minimum atomic E-state index is -0.0642. The maximum Gasteiger partial charge on any atom is 0.273 e. The highest BCUT2D eigenvalue weighted by Gasteiger charge is 2.36. The average molecular weight is 474 g/mol. The highest BCUT2D eigenvalue weighted by Crippen LogP contribution is 2.32. The minimum Gasteiger partial charge on any atom is -0.365 e. The number of fused-ring (bicyclic) bond motifs is 2. The third kappa shape index (κ3) is 4.38. The van der Waals surface area contributed by atoms with Crippen LogP contribution in [0.15, 0.2) is 36.5 Å². The van der Waals surface area contributed by atoms with Gasteiger partial charge in [0, 0.05) is 56.8 Å². The maximum absolute atomic E-state index is 13.2. The van der Waals surface area contributed by atoms with Crippen LogP contribution in [0, 0.1) is 0 Å². The van der Waals surface area contributed by atoms with Crippen molar-refractivity contribution in [1.82, 2.24) is 24.8 Å². The van der Waals surface area contributed by atoms with Gasteiger partial charge in [0.15, 0.2) is 0 Å². The van der Waals surface area contributed by atoms with Crippen LogP contribution in [0.3, 0.4) is 0 Å². The van der Waals surface area contributed by atoms with Crippen molar-refractivity contribution in [1.29, 1.82) is 0 Å². The molecule has 1 N–H and O–H groups in total. The van der Waals surface area contributed by atoms with E-state index in [0.29, 0.717) is 37.1 Å². The second-order valence-electron chi connectivity index (χ2n) is 9.63. The number of hydrogen-bond donors (Lipinski definition) is 1. The van der Waals surface area contributed by atoms with Crippen LogP contribution in [0.2, 0.25) is 0 Å². The third-order valence-electron chi connectivity index (χ3n) is 7.01. The fourth-order valence-corrected chi connectivity index (χ4v) is 4.78. The molecule has 9 heteroatoms. The predicted octanol–water partition coefficient (Wildman–Crippen LogP) is 3.06. The molecule has 2 aliphatic heterocycles. The largest absolute Gasteiger partial charge is 0.365 e. The topological polar surface area (TPSA) is 94.6 Å². The number of benzene rings is 1. The number of carbonyl (C=O) groups is 2. The number of aromatic nitrogens is 3. The predicted molar refractivity (Wildman–Crippen MR) is 135 cm³/mol. The summed E-state index contributed by atoms with van der Waals surface area (Å²) in [5.74, 6) is 1.19. The van der Waals surface area contributed by atoms with Gasteiger partial charge in [-0.2, -0.15) is 4.98 Å². The average Bonchev–Trinajstić information content (AvgIpc) is 3.47. The Kier molecular flexibility index (Phi) is 6.00. The first kappa shape index (κ1) is 23.0. The SMILES string of the molecule is CC(=O)N(C)C1CCN(c2nc(NCc3cnc4ccccc4c3)c3c(n2)C(=O)N(C(C)C)C3)C1. The van der Waals surface area contributed by atoms with Gasteiger partial charge in [-0.05, 0) is 38.0 Å². The van der Waals surface area contributed by atoms with E-state index in [1.54, 1.807) is 11.8 Å². The van der Waals surface area contributed by atoms with Crippen molar-refractivity contribution in [2.45, 2.75) is 52.4 Å². The molecule has 1 atom stereocenters. The number of rotatable bonds is 6. The molecule has 35 heavy (non-hydrogen) atoms. The highest BCUT2D eigenvalue weighted by atomic mass is 16.2. The van der Waals surface area contributed by atoms with Crippen molar-refractivity contribution in [3.05, 3.63) is 53.3 Å². The molecule has 2 aliphatic rings. The molecule has 5 rings (SSSR count). The zero-order valence-corrected chi connectivity index (χ0v) is 20.7. The summed E-state index contributed by atoms with van der Waals surface area (Å²) < 4.78 is 0. The van der Waals surface area contributed by atoms with Gasteiger partial charge < -0.3 is 20.0 Å². The lowest BCUT2D eigenvalue weighted by Gasteiger charge is -2.24. The fraction of sp³-hybridized carbons (Fsp3) is 0.423. The smallest absolute Gasteiger partial charge is 0.273 e. The fourth-order valence-electron chi connectivity index (χ4n) is 4.78. The molecule has 1 fully saturated rings. The molecule has 9 nitrogen and oxygen atoms in total. The van der Waals surface area contributed by atoms with Crippen molar-refractivity contribution in [2.75, 3.05) is 30.4 Å². The summed E-state index contributed by atoms with van der Waals surface area (Å²) in [4.78, 5) is 44.8. The number of hydrogen-bond acceptors (Lipinski definition) is 7. The van der Waals surface area contributed by atoms with Gasteiger partial charge in [0.1, 0.15) is 11.5 Å². The molecule has 2 aromatic heterocycles. The lowest BCUT2D eigenvalue weighted by Crippen LogP contribution is -2.38. The van der Waals surface area contributed by atoms with Crippen LogP contribution in [0.25, 0.3) is 10.9 Å². The maximum atomic E-state index is 13.2. The van der Waals surface area contributed by atoms with Gasteiger partial charge in [-0.3, -0.25) is 14.6 Å². The zero-order chi connectivity index (χ0) is 24.7. The van der Waals surface area contributed by atoms with Crippen molar-refractivity contribution in [3.8, 4) is 0 Å². The van der Waals surface area contributed by atoms with Gasteiger partial charge in [-0.25, -0.2) is 4.98 Å². The summed E-state index contributed by atoms with van der Waals surface area (Å²) in [5, 5.41) is 4.54. The molecule has 0 radical (unpaired) electrons. The highest BCUT2D eigenvalue weighted by molar-refractivity contribution is 5.98. The number of para-hydroxylation sites is 1. The minimum absolute atomic E-state index is 0.0424. The number of anilines is 2. The Labute approximate surface area is 205 Å². The van der Waals surface area contributed by atoms with E-state index < -0.39 is 0 Å². The van der Waals surface area contributed by atoms with Gasteiger partial charge in [-0.1, -0.05) is 18.2 Å². The van der Waals surface area contributed by atoms with Crippen LogP contribution < -0.4 is 10.2 Å². The summed E-state index contributed by atoms with van der Waals surface area (Å²) in [7, 11) is 1.83. The van der Waals surface area contributed by atoms with Gasteiger partial charge >= 0.3 is 0 Å². The summed E-state index contributed by atoms with van der Waals surface area (Å²) in [6, 6.07) is 10.3. The number of likely N-dealkylation sites (N-methyl/N-ethyl adjacent to an activating group) is 1. The number of amides is 2. The lowest BCUT2D eigenvalue weighted by molar-refractivity contribution is -0.129. The normalized spacial score (nSPS) is 17.4. The first-order valence-corrected chi connectivity index (χ1v) is 12.1. The quantitative estimate of drug-likeness (QED) is 0.588. The van der Waals surface area contributed by atoms with E-state index in [-0.39, 0.29) is 23.9 Å². The van der Waals surface area contributed by atoms with Crippen molar-refractivity contribution in [2.24, 2.45) is 0 Å². The van der Waals surface area contributed by atoms with Gasteiger partial charge in [0.05, 0.1) is 18.1 Å². The van der Waals surface area contributed by atoms with Crippen LogP contribution in [-0.4, -0.2) is 68.8 Å². The number of nitrogens with one attached hydrogen (secondary N) is 1. The third-order valence-corrected chi connectivity index (χ3v) is 7.01. The van der Waals surface area contributed by atoms with Crippen LogP contribution >= 0.6 is 0 Å². The number of pyridine rings is 1. The van der Waals surface area contributed by atoms with Crippen LogP contribution in [0.4, 0.5) is 11.8 Å². The van der Waals surface area contributed by atoms with E-state index in [9.17, 15) is 9.59 Å². The van der Waals surface area contributed by atoms with E-state index in [4.69, 9.17) is 9.97 Å². The molecular formula is C26H31N7O2. The molecule has 0 spiro atoms. The van der Waals surface area contributed by atoms with E-state index in [2.05, 4.69) is 21.3 Å². The Balaban J connectivity index is 1.44. The lowest BCUT2D eigenvalue weighted by atomic mass is 10.1. The van der Waals surface area contributed by atoms with Crippen molar-refractivity contribution >= 4 is 34.5 Å². The van der Waals surface area contributed by atoms with Gasteiger partial charge in [0.25, 0.3) is 5.91 Å². The number of nitrogens with zero attached hydrogens (tertiary/aromatic N) is 6. The molecule has 1 saturated heterocycles. The molecule has 0 bridgehead atoms. The molecule has 1 aromatic carbocycles. The van der Waals surface area contributed by atoms with Crippen molar-refractivity contribution in [3.63, 3.8) is 0 Å². The van der Waals surface area contributed by atoms with Gasteiger partial charge in [0.2, 0.25) is 11.9 Å². The van der Waals surface area contributed by atoms with Crippen LogP contribution in [0.5, 0.6) is 0 Å². The van der Waals surface area contributed by atoms with E-state index >= 15 is 0 Å². The Morgan fingerprint density at radius 3 is 2.83 bits per heavy atom. The van der Waals surface area contributed by atoms with Crippen LogP contribution in [0.1, 0.15) is 48.8 Å². The molecular weight excluding hydrogens is 442 g/mol. The molecule has 4 heterocycles. The molecule has 3 aromatic rings. The molecule has 0 aliphatic carbocycles. The second kappa shape index (κ2) is 9.13. The summed E-state index contributed by atoms with van der Waals surface area (Å²) >= 11 is 0. The van der Waals surface area contributed by atoms with Crippen LogP contribution in [-0.2, 0) is 17.9 Å². The second-order valence-corrected chi connectivity index (χ2v) is 9.63. The summed E-state index contributed by atoms with van der Waals surface area (Å²) in [6.07, 6.45) is 2.71. The summed E-state index contributed by atoms with van der Waals surface area (Å²) in [6.45, 7) is 8.00. The standard InChI is InChI=1S/C26H31N7O2/c1-16(2)33-15-21-23(25(33)35)29-26(32-10-9-20(14-32)31(4)17(3)34)30-24(21)28-13-18-11-19-7-5-6-8-22(19)27-12-18/h5-8,11-12,16,20H,9-10,13-15H2,1-4H3,(H,28,29,30). The van der Waals surface area contributed by atoms with E-state index in [1.807, 2.05) is 56.3 Å². The molecule has 0 saturated carbocycles. The first-order chi connectivity index (χ1) is 16.8. The summed E-state index contributed by atoms with van der Waals surface area (Å²) in [5.41, 5.74) is 3.29. The molecule has 2 amide bonds. The van der Waals surface area contributed by atoms with E-state index in [0.717, 1.165) is 35.0 Å². The molecule has 182 valence electrons.